The number of ether oxygens (including phenoxy) is 1. The third-order valence-corrected chi connectivity index (χ3v) is 2.85. The van der Waals surface area contributed by atoms with Gasteiger partial charge in [0, 0.05) is 23.5 Å². The van der Waals surface area contributed by atoms with Gasteiger partial charge in [0.25, 0.3) is 0 Å². The normalized spacial score (nSPS) is 13.9. The van der Waals surface area contributed by atoms with E-state index in [1.165, 1.54) is 18.5 Å². The molecule has 0 aliphatic rings. The van der Waals surface area contributed by atoms with Crippen molar-refractivity contribution in [1.82, 2.24) is 9.97 Å². The summed E-state index contributed by atoms with van der Waals surface area (Å²) >= 11 is 0. The fraction of sp³-hybridized carbons (Fsp3) is 0.286. The average Bonchev–Trinajstić information content (AvgIpc) is 2.39. The van der Waals surface area contributed by atoms with Crippen LogP contribution in [0.3, 0.4) is 0 Å². The molecule has 2 heterocycles. The molecular weight excluding hydrogens is 247 g/mol. The summed E-state index contributed by atoms with van der Waals surface area (Å²) in [6, 6.07) is 2.93. The van der Waals surface area contributed by atoms with Crippen LogP contribution in [0.1, 0.15) is 25.0 Å². The molecule has 1 unspecified atom stereocenters. The lowest BCUT2D eigenvalue weighted by atomic mass is 9.90. The lowest BCUT2D eigenvalue weighted by Gasteiger charge is -2.24. The van der Waals surface area contributed by atoms with E-state index in [0.717, 1.165) is 6.20 Å². The zero-order chi connectivity index (χ0) is 13.9. The van der Waals surface area contributed by atoms with Gasteiger partial charge in [0.15, 0.2) is 0 Å². The van der Waals surface area contributed by atoms with Crippen LogP contribution >= 0.6 is 0 Å². The maximum atomic E-state index is 13.2. The first-order valence-electron chi connectivity index (χ1n) is 5.95. The molecule has 2 aromatic heterocycles. The van der Waals surface area contributed by atoms with Gasteiger partial charge in [-0.2, -0.15) is 0 Å². The minimum atomic E-state index is -1.38. The number of nitrogens with zero attached hydrogens (tertiary/aromatic N) is 2. The van der Waals surface area contributed by atoms with Crippen LogP contribution in [0.5, 0.6) is 5.75 Å². The Balaban J connectivity index is 2.41. The highest BCUT2D eigenvalue weighted by Gasteiger charge is 2.27. The van der Waals surface area contributed by atoms with Crippen LogP contribution in [0.4, 0.5) is 4.39 Å². The highest BCUT2D eigenvalue weighted by atomic mass is 19.1. The van der Waals surface area contributed by atoms with Crippen molar-refractivity contribution in [3.63, 3.8) is 0 Å². The fourth-order valence-electron chi connectivity index (χ4n) is 1.78. The Hall–Kier alpha value is -2.01. The number of aliphatic hydroxyl groups is 1. The Morgan fingerprint density at radius 3 is 2.42 bits per heavy atom. The summed E-state index contributed by atoms with van der Waals surface area (Å²) in [6.45, 7) is 3.94. The quantitative estimate of drug-likeness (QED) is 0.918. The zero-order valence-corrected chi connectivity index (χ0v) is 10.8. The van der Waals surface area contributed by atoms with Crippen molar-refractivity contribution in [2.75, 3.05) is 6.61 Å². The molecule has 0 bridgehead atoms. The molecule has 0 aliphatic heterocycles. The lowest BCUT2D eigenvalue weighted by molar-refractivity contribution is 0.101. The number of aromatic nitrogens is 2. The summed E-state index contributed by atoms with van der Waals surface area (Å²) in [7, 11) is 0. The minimum absolute atomic E-state index is 0.364. The molecule has 2 aromatic rings. The highest BCUT2D eigenvalue weighted by Crippen LogP contribution is 2.30. The highest BCUT2D eigenvalue weighted by molar-refractivity contribution is 5.35. The standard InChI is InChI=1S/C14H15FN2O2/c1-3-19-13-5-11(7-17-9-13)14(2,18)10-4-12(15)8-16-6-10/h4-9,18H,3H2,1-2H3. The average molecular weight is 262 g/mol. The molecule has 19 heavy (non-hydrogen) atoms. The van der Waals surface area contributed by atoms with Gasteiger partial charge in [0.2, 0.25) is 0 Å². The first kappa shape index (κ1) is 13.4. The smallest absolute Gasteiger partial charge is 0.141 e. The Morgan fingerprint density at radius 1 is 1.16 bits per heavy atom. The monoisotopic (exact) mass is 262 g/mol. The van der Waals surface area contributed by atoms with Crippen LogP contribution < -0.4 is 4.74 Å². The third kappa shape index (κ3) is 2.88. The molecule has 0 aliphatic carbocycles. The molecule has 0 radical (unpaired) electrons. The van der Waals surface area contributed by atoms with E-state index >= 15 is 0 Å². The SMILES string of the molecule is CCOc1cncc(C(C)(O)c2cncc(F)c2)c1. The van der Waals surface area contributed by atoms with Gasteiger partial charge in [0.1, 0.15) is 17.2 Å². The molecule has 0 fully saturated rings. The Morgan fingerprint density at radius 2 is 1.79 bits per heavy atom. The molecule has 0 spiro atoms. The van der Waals surface area contributed by atoms with Crippen LogP contribution in [0.15, 0.2) is 36.9 Å². The summed E-state index contributed by atoms with van der Waals surface area (Å²) < 4.78 is 18.5. The van der Waals surface area contributed by atoms with E-state index in [1.54, 1.807) is 19.2 Å². The van der Waals surface area contributed by atoms with E-state index in [-0.39, 0.29) is 0 Å². The van der Waals surface area contributed by atoms with Crippen LogP contribution in [-0.4, -0.2) is 21.7 Å². The molecule has 100 valence electrons. The topological polar surface area (TPSA) is 55.2 Å². The molecule has 5 heteroatoms. The van der Waals surface area contributed by atoms with Crippen LogP contribution in [0, 0.1) is 5.82 Å². The molecule has 2 rings (SSSR count). The zero-order valence-electron chi connectivity index (χ0n) is 10.8. The maximum absolute atomic E-state index is 13.2. The van der Waals surface area contributed by atoms with Crippen molar-refractivity contribution in [2.24, 2.45) is 0 Å². The molecular formula is C14H15FN2O2. The molecule has 4 nitrogen and oxygen atoms in total. The second-order valence-electron chi connectivity index (χ2n) is 4.31. The number of hydrogen-bond donors (Lipinski definition) is 1. The molecule has 0 saturated carbocycles. The minimum Gasteiger partial charge on any atom is -0.492 e. The van der Waals surface area contributed by atoms with Crippen molar-refractivity contribution in [2.45, 2.75) is 19.4 Å². The maximum Gasteiger partial charge on any atom is 0.141 e. The Kier molecular flexibility index (Phi) is 3.76. The van der Waals surface area contributed by atoms with E-state index in [4.69, 9.17) is 4.74 Å². The number of rotatable bonds is 4. The number of halogens is 1. The molecule has 0 saturated heterocycles. The predicted molar refractivity (Wildman–Crippen MR) is 68.3 cm³/mol. The first-order valence-corrected chi connectivity index (χ1v) is 5.95. The summed E-state index contributed by atoms with van der Waals surface area (Å²) in [6.07, 6.45) is 5.60. The number of pyridine rings is 2. The van der Waals surface area contributed by atoms with E-state index in [1.807, 2.05) is 6.92 Å². The van der Waals surface area contributed by atoms with Gasteiger partial charge in [-0.25, -0.2) is 4.39 Å². The molecule has 0 amide bonds. The van der Waals surface area contributed by atoms with Crippen molar-refractivity contribution in [3.8, 4) is 5.75 Å². The van der Waals surface area contributed by atoms with Crippen LogP contribution in [0.25, 0.3) is 0 Å². The fourth-order valence-corrected chi connectivity index (χ4v) is 1.78. The van der Waals surface area contributed by atoms with Crippen molar-refractivity contribution in [3.05, 3.63) is 53.9 Å². The molecule has 1 N–H and O–H groups in total. The van der Waals surface area contributed by atoms with Gasteiger partial charge >= 0.3 is 0 Å². The third-order valence-electron chi connectivity index (χ3n) is 2.85. The van der Waals surface area contributed by atoms with Crippen LogP contribution in [0.2, 0.25) is 0 Å². The Labute approximate surface area is 110 Å². The van der Waals surface area contributed by atoms with E-state index in [2.05, 4.69) is 9.97 Å². The van der Waals surface area contributed by atoms with Gasteiger partial charge in [-0.15, -0.1) is 0 Å². The second kappa shape index (κ2) is 5.32. The van der Waals surface area contributed by atoms with E-state index in [9.17, 15) is 9.50 Å². The molecule has 0 aromatic carbocycles. The largest absolute Gasteiger partial charge is 0.492 e. The van der Waals surface area contributed by atoms with Crippen LogP contribution in [-0.2, 0) is 5.60 Å². The number of hydrogen-bond acceptors (Lipinski definition) is 4. The Bertz CT molecular complexity index is 573. The van der Waals surface area contributed by atoms with E-state index in [0.29, 0.717) is 23.5 Å². The van der Waals surface area contributed by atoms with Gasteiger partial charge in [0.05, 0.1) is 19.0 Å². The lowest BCUT2D eigenvalue weighted by Crippen LogP contribution is -2.23. The van der Waals surface area contributed by atoms with Gasteiger partial charge in [-0.1, -0.05) is 0 Å². The summed E-state index contributed by atoms with van der Waals surface area (Å²) in [4.78, 5) is 7.77. The van der Waals surface area contributed by atoms with Crippen molar-refractivity contribution < 1.29 is 14.2 Å². The summed E-state index contributed by atoms with van der Waals surface area (Å²) in [5, 5.41) is 10.6. The van der Waals surface area contributed by atoms with Gasteiger partial charge < -0.3 is 9.84 Å². The van der Waals surface area contributed by atoms with E-state index < -0.39 is 11.4 Å². The first-order chi connectivity index (χ1) is 9.04. The molecule has 1 atom stereocenters. The van der Waals surface area contributed by atoms with Gasteiger partial charge in [-0.05, 0) is 26.0 Å². The van der Waals surface area contributed by atoms with Gasteiger partial charge in [-0.3, -0.25) is 9.97 Å². The second-order valence-corrected chi connectivity index (χ2v) is 4.31. The van der Waals surface area contributed by atoms with Crippen molar-refractivity contribution >= 4 is 0 Å². The predicted octanol–water partition coefficient (Wildman–Crippen LogP) is 2.27. The summed E-state index contributed by atoms with van der Waals surface area (Å²) in [5.74, 6) is 0.0661. The summed E-state index contributed by atoms with van der Waals surface area (Å²) in [5.41, 5.74) is -0.497. The van der Waals surface area contributed by atoms with Crippen molar-refractivity contribution in [1.29, 1.82) is 0 Å².